The lowest BCUT2D eigenvalue weighted by Gasteiger charge is -1.93. The summed E-state index contributed by atoms with van der Waals surface area (Å²) in [7, 11) is 4.07. The van der Waals surface area contributed by atoms with Gasteiger partial charge in [-0.05, 0) is 12.2 Å². The van der Waals surface area contributed by atoms with Crippen molar-refractivity contribution in [3.05, 3.63) is 36.6 Å². The van der Waals surface area contributed by atoms with Crippen molar-refractivity contribution in [1.82, 2.24) is 0 Å². The Labute approximate surface area is 67.5 Å². The summed E-state index contributed by atoms with van der Waals surface area (Å²) in [6.45, 7) is 0. The van der Waals surface area contributed by atoms with E-state index in [0.29, 0.717) is 0 Å². The quantitative estimate of drug-likeness (QED) is 0.340. The molecule has 0 unspecified atom stereocenters. The molecular weight excluding hydrogens is 138 g/mol. The predicted molar refractivity (Wildman–Crippen MR) is 46.3 cm³/mol. The Kier molecular flexibility index (Phi) is 6.24. The number of allylic oxidation sites excluding steroid dienone is 5. The van der Waals surface area contributed by atoms with Crippen LogP contribution in [-0.2, 0) is 4.79 Å². The minimum Gasteiger partial charge on any atom is -0.314 e. The second-order valence-electron chi connectivity index (χ2n) is 2.34. The summed E-state index contributed by atoms with van der Waals surface area (Å²) in [5.74, 6) is 0. The van der Waals surface area contributed by atoms with E-state index in [1.54, 1.807) is 6.08 Å². The molecule has 0 saturated carbocycles. The van der Waals surface area contributed by atoms with Gasteiger partial charge in [0.1, 0.15) is 6.29 Å². The lowest BCUT2D eigenvalue weighted by molar-refractivity contribution is -0.801. The Bertz CT molecular complexity index is 178. The van der Waals surface area contributed by atoms with Gasteiger partial charge in [0, 0.05) is 0 Å². The fourth-order valence-electron chi connectivity index (χ4n) is 0.486. The second-order valence-corrected chi connectivity index (χ2v) is 2.34. The predicted octanol–water partition coefficient (Wildman–Crippen LogP) is -0.0441. The van der Waals surface area contributed by atoms with E-state index in [9.17, 15) is 4.79 Å². The van der Waals surface area contributed by atoms with Crippen molar-refractivity contribution in [1.29, 1.82) is 0 Å². The smallest absolute Gasteiger partial charge is 0.142 e. The van der Waals surface area contributed by atoms with Crippen LogP contribution in [0.4, 0.5) is 0 Å². The lowest BCUT2D eigenvalue weighted by Crippen LogP contribution is -3.00. The number of carbonyl (C=O) groups is 1. The number of quaternary nitrogens is 1. The minimum atomic E-state index is 0.755. The zero-order valence-electron chi connectivity index (χ0n) is 6.95. The number of rotatable bonds is 4. The molecule has 0 spiro atoms. The normalized spacial score (nSPS) is 12.6. The fraction of sp³-hybridized carbons (Fsp3) is 0.222. The van der Waals surface area contributed by atoms with Gasteiger partial charge in [-0.2, -0.15) is 0 Å². The average Bonchev–Trinajstić information content (AvgIpc) is 1.96. The molecule has 0 aromatic heterocycles. The third kappa shape index (κ3) is 8.85. The monoisotopic (exact) mass is 152 g/mol. The molecule has 0 aromatic rings. The van der Waals surface area contributed by atoms with E-state index in [4.69, 9.17) is 0 Å². The van der Waals surface area contributed by atoms with Crippen molar-refractivity contribution in [2.24, 2.45) is 0 Å². The van der Waals surface area contributed by atoms with Crippen LogP contribution in [0.15, 0.2) is 36.6 Å². The molecule has 0 rings (SSSR count). The van der Waals surface area contributed by atoms with E-state index in [1.165, 1.54) is 11.0 Å². The van der Waals surface area contributed by atoms with E-state index in [2.05, 4.69) is 0 Å². The van der Waals surface area contributed by atoms with Gasteiger partial charge in [-0.1, -0.05) is 18.2 Å². The van der Waals surface area contributed by atoms with E-state index < -0.39 is 0 Å². The van der Waals surface area contributed by atoms with Gasteiger partial charge in [-0.3, -0.25) is 4.79 Å². The molecule has 0 fully saturated rings. The van der Waals surface area contributed by atoms with Gasteiger partial charge >= 0.3 is 0 Å². The molecule has 0 aromatic carbocycles. The van der Waals surface area contributed by atoms with Crippen LogP contribution in [0.1, 0.15) is 0 Å². The van der Waals surface area contributed by atoms with Crippen LogP contribution in [-0.4, -0.2) is 20.4 Å². The molecule has 1 N–H and O–H groups in total. The highest BCUT2D eigenvalue weighted by Crippen LogP contribution is 1.75. The summed E-state index contributed by atoms with van der Waals surface area (Å²) in [6, 6.07) is 0. The molecule has 0 aliphatic heterocycles. The summed E-state index contributed by atoms with van der Waals surface area (Å²) >= 11 is 0. The SMILES string of the molecule is C[NH+](C)/C=C/C=C/C=C/C=O. The maximum atomic E-state index is 9.80. The van der Waals surface area contributed by atoms with Crippen molar-refractivity contribution in [3.63, 3.8) is 0 Å². The molecule has 0 aliphatic rings. The zero-order valence-corrected chi connectivity index (χ0v) is 6.95. The number of hydrogen-bond acceptors (Lipinski definition) is 1. The summed E-state index contributed by atoms with van der Waals surface area (Å²) < 4.78 is 0. The number of aldehydes is 1. The molecule has 60 valence electrons. The topological polar surface area (TPSA) is 21.5 Å². The molecule has 11 heavy (non-hydrogen) atoms. The van der Waals surface area contributed by atoms with Gasteiger partial charge in [0.15, 0.2) is 0 Å². The molecule has 2 nitrogen and oxygen atoms in total. The Morgan fingerprint density at radius 2 is 1.45 bits per heavy atom. The van der Waals surface area contributed by atoms with Crippen LogP contribution in [0.3, 0.4) is 0 Å². The van der Waals surface area contributed by atoms with Gasteiger partial charge in [0.2, 0.25) is 0 Å². The molecule has 0 atom stereocenters. The Morgan fingerprint density at radius 1 is 0.909 bits per heavy atom. The van der Waals surface area contributed by atoms with Gasteiger partial charge < -0.3 is 4.90 Å². The van der Waals surface area contributed by atoms with E-state index >= 15 is 0 Å². The molecule has 0 bridgehead atoms. The van der Waals surface area contributed by atoms with Crippen LogP contribution in [0.5, 0.6) is 0 Å². The van der Waals surface area contributed by atoms with E-state index in [1.807, 2.05) is 38.5 Å². The first-order valence-corrected chi connectivity index (χ1v) is 3.52. The molecular formula is C9H14NO+. The maximum Gasteiger partial charge on any atom is 0.142 e. The Morgan fingerprint density at radius 3 is 2.00 bits per heavy atom. The molecule has 0 saturated heterocycles. The number of nitrogens with one attached hydrogen (secondary N) is 1. The van der Waals surface area contributed by atoms with E-state index in [-0.39, 0.29) is 0 Å². The van der Waals surface area contributed by atoms with Gasteiger partial charge in [-0.25, -0.2) is 0 Å². The molecule has 0 amide bonds. The molecule has 2 heteroatoms. The Hall–Kier alpha value is -1.15. The standard InChI is InChI=1S/C9H13NO/c1-10(2)8-6-4-3-5-7-9-11/h3-9H,1-2H3/p+1/b4-3+,7-5+,8-6+. The highest BCUT2D eigenvalue weighted by atomic mass is 16.1. The first-order valence-electron chi connectivity index (χ1n) is 3.52. The highest BCUT2D eigenvalue weighted by molar-refractivity contribution is 5.65. The molecule has 0 aliphatic carbocycles. The maximum absolute atomic E-state index is 9.80. The summed E-state index contributed by atoms with van der Waals surface area (Å²) in [4.78, 5) is 11.1. The van der Waals surface area contributed by atoms with Crippen molar-refractivity contribution >= 4 is 6.29 Å². The summed E-state index contributed by atoms with van der Waals surface area (Å²) in [5, 5.41) is 0. The second kappa shape index (κ2) is 6.96. The fourth-order valence-corrected chi connectivity index (χ4v) is 0.486. The van der Waals surface area contributed by atoms with Crippen molar-refractivity contribution < 1.29 is 9.69 Å². The van der Waals surface area contributed by atoms with Gasteiger partial charge in [0.05, 0.1) is 20.3 Å². The zero-order chi connectivity index (χ0) is 8.53. The molecule has 0 heterocycles. The minimum absolute atomic E-state index is 0.755. The first-order chi connectivity index (χ1) is 5.27. The summed E-state index contributed by atoms with van der Waals surface area (Å²) in [6.07, 6.45) is 11.5. The van der Waals surface area contributed by atoms with Crippen LogP contribution in [0.25, 0.3) is 0 Å². The number of hydrogen-bond donors (Lipinski definition) is 1. The van der Waals surface area contributed by atoms with E-state index in [0.717, 1.165) is 6.29 Å². The van der Waals surface area contributed by atoms with Crippen molar-refractivity contribution in [2.75, 3.05) is 14.1 Å². The largest absolute Gasteiger partial charge is 0.314 e. The van der Waals surface area contributed by atoms with Crippen LogP contribution in [0.2, 0.25) is 0 Å². The first kappa shape index (κ1) is 9.85. The highest BCUT2D eigenvalue weighted by Gasteiger charge is 1.75. The van der Waals surface area contributed by atoms with Crippen LogP contribution in [0, 0.1) is 0 Å². The lowest BCUT2D eigenvalue weighted by atomic mass is 10.4. The van der Waals surface area contributed by atoms with Crippen molar-refractivity contribution in [3.8, 4) is 0 Å². The Balaban J connectivity index is 3.59. The summed E-state index contributed by atoms with van der Waals surface area (Å²) in [5.41, 5.74) is 0. The van der Waals surface area contributed by atoms with Crippen LogP contribution < -0.4 is 4.90 Å². The number of carbonyl (C=O) groups excluding carboxylic acids is 1. The average molecular weight is 152 g/mol. The third-order valence-corrected chi connectivity index (χ3v) is 0.953. The van der Waals surface area contributed by atoms with Crippen LogP contribution >= 0.6 is 0 Å². The molecule has 0 radical (unpaired) electrons. The third-order valence-electron chi connectivity index (χ3n) is 0.953. The van der Waals surface area contributed by atoms with Crippen molar-refractivity contribution in [2.45, 2.75) is 0 Å². The van der Waals surface area contributed by atoms with Gasteiger partial charge in [-0.15, -0.1) is 0 Å². The van der Waals surface area contributed by atoms with Gasteiger partial charge in [0.25, 0.3) is 0 Å².